The molecule has 0 unspecified atom stereocenters. The van der Waals surface area contributed by atoms with Crippen LogP contribution in [0.1, 0.15) is 22.8 Å². The SMILES string of the molecule is CCOc1ncccc1C(=O)NCc1cccnc1N1CCOCC1. The molecule has 132 valence electrons. The first-order valence-corrected chi connectivity index (χ1v) is 8.42. The van der Waals surface area contributed by atoms with E-state index in [-0.39, 0.29) is 5.91 Å². The Hall–Kier alpha value is -2.67. The fraction of sp³-hybridized carbons (Fsp3) is 0.389. The molecule has 25 heavy (non-hydrogen) atoms. The van der Waals surface area contributed by atoms with E-state index in [2.05, 4.69) is 20.2 Å². The van der Waals surface area contributed by atoms with Crippen LogP contribution in [0.15, 0.2) is 36.7 Å². The summed E-state index contributed by atoms with van der Waals surface area (Å²) in [4.78, 5) is 23.3. The number of nitrogens with zero attached hydrogens (tertiary/aromatic N) is 3. The van der Waals surface area contributed by atoms with Crippen molar-refractivity contribution in [3.05, 3.63) is 47.8 Å². The molecule has 1 aliphatic rings. The normalized spacial score (nSPS) is 14.2. The monoisotopic (exact) mass is 342 g/mol. The zero-order chi connectivity index (χ0) is 17.5. The maximum Gasteiger partial charge on any atom is 0.257 e. The summed E-state index contributed by atoms with van der Waals surface area (Å²) in [7, 11) is 0. The molecule has 1 saturated heterocycles. The average molecular weight is 342 g/mol. The number of anilines is 1. The molecule has 1 fully saturated rings. The van der Waals surface area contributed by atoms with E-state index in [1.165, 1.54) is 0 Å². The second-order valence-corrected chi connectivity index (χ2v) is 5.56. The van der Waals surface area contributed by atoms with E-state index in [4.69, 9.17) is 9.47 Å². The van der Waals surface area contributed by atoms with Gasteiger partial charge in [-0.2, -0.15) is 0 Å². The highest BCUT2D eigenvalue weighted by Gasteiger charge is 2.17. The summed E-state index contributed by atoms with van der Waals surface area (Å²) < 4.78 is 10.8. The van der Waals surface area contributed by atoms with Crippen LogP contribution >= 0.6 is 0 Å². The number of nitrogens with one attached hydrogen (secondary N) is 1. The van der Waals surface area contributed by atoms with Gasteiger partial charge in [0.1, 0.15) is 11.4 Å². The summed E-state index contributed by atoms with van der Waals surface area (Å²) in [6, 6.07) is 7.28. The number of pyridine rings is 2. The number of aromatic nitrogens is 2. The van der Waals surface area contributed by atoms with Gasteiger partial charge < -0.3 is 19.7 Å². The third kappa shape index (κ3) is 4.24. The molecule has 7 nitrogen and oxygen atoms in total. The molecule has 0 aliphatic carbocycles. The van der Waals surface area contributed by atoms with Gasteiger partial charge in [-0.05, 0) is 25.1 Å². The van der Waals surface area contributed by atoms with E-state index in [0.29, 0.717) is 37.8 Å². The van der Waals surface area contributed by atoms with Gasteiger partial charge in [-0.1, -0.05) is 6.07 Å². The van der Waals surface area contributed by atoms with E-state index < -0.39 is 0 Å². The van der Waals surface area contributed by atoms with Crippen molar-refractivity contribution in [3.63, 3.8) is 0 Å². The lowest BCUT2D eigenvalue weighted by Crippen LogP contribution is -2.37. The van der Waals surface area contributed by atoms with Gasteiger partial charge >= 0.3 is 0 Å². The van der Waals surface area contributed by atoms with Crippen LogP contribution in [0.4, 0.5) is 5.82 Å². The predicted molar refractivity (Wildman–Crippen MR) is 93.8 cm³/mol. The highest BCUT2D eigenvalue weighted by Crippen LogP contribution is 2.19. The summed E-state index contributed by atoms with van der Waals surface area (Å²) in [5.41, 5.74) is 1.40. The molecular weight excluding hydrogens is 320 g/mol. The Morgan fingerprint density at radius 3 is 2.80 bits per heavy atom. The van der Waals surface area contributed by atoms with Gasteiger partial charge in [0.15, 0.2) is 0 Å². The largest absolute Gasteiger partial charge is 0.477 e. The Kier molecular flexibility index (Phi) is 5.79. The van der Waals surface area contributed by atoms with Crippen molar-refractivity contribution in [2.75, 3.05) is 37.8 Å². The molecule has 2 aromatic rings. The van der Waals surface area contributed by atoms with Crippen LogP contribution in [0, 0.1) is 0 Å². The number of amides is 1. The van der Waals surface area contributed by atoms with Gasteiger partial charge in [0.25, 0.3) is 5.91 Å². The second kappa shape index (κ2) is 8.43. The predicted octanol–water partition coefficient (Wildman–Crippen LogP) is 1.64. The molecule has 0 saturated carbocycles. The number of carbonyl (C=O) groups is 1. The summed E-state index contributed by atoms with van der Waals surface area (Å²) >= 11 is 0. The number of hydrogen-bond donors (Lipinski definition) is 1. The lowest BCUT2D eigenvalue weighted by atomic mass is 10.2. The number of rotatable bonds is 6. The zero-order valence-corrected chi connectivity index (χ0v) is 14.3. The molecule has 7 heteroatoms. The van der Waals surface area contributed by atoms with Crippen molar-refractivity contribution < 1.29 is 14.3 Å². The Bertz CT molecular complexity index is 717. The number of morpholine rings is 1. The van der Waals surface area contributed by atoms with Gasteiger partial charge in [0.05, 0.1) is 19.8 Å². The van der Waals surface area contributed by atoms with E-state index in [9.17, 15) is 4.79 Å². The average Bonchev–Trinajstić information content (AvgIpc) is 2.68. The third-order valence-electron chi connectivity index (χ3n) is 3.91. The number of carbonyl (C=O) groups excluding carboxylic acids is 1. The Labute approximate surface area is 147 Å². The molecule has 3 heterocycles. The molecule has 0 radical (unpaired) electrons. The van der Waals surface area contributed by atoms with Crippen molar-refractivity contribution in [2.45, 2.75) is 13.5 Å². The second-order valence-electron chi connectivity index (χ2n) is 5.56. The maximum atomic E-state index is 12.5. The first kappa shape index (κ1) is 17.2. The van der Waals surface area contributed by atoms with Crippen molar-refractivity contribution in [2.24, 2.45) is 0 Å². The Morgan fingerprint density at radius 1 is 1.24 bits per heavy atom. The maximum absolute atomic E-state index is 12.5. The van der Waals surface area contributed by atoms with Crippen molar-refractivity contribution in [1.82, 2.24) is 15.3 Å². The van der Waals surface area contributed by atoms with Crippen LogP contribution in [0.2, 0.25) is 0 Å². The molecule has 1 aliphatic heterocycles. The van der Waals surface area contributed by atoms with Crippen LogP contribution in [-0.2, 0) is 11.3 Å². The van der Waals surface area contributed by atoms with Crippen LogP contribution in [0.25, 0.3) is 0 Å². The molecule has 0 spiro atoms. The van der Waals surface area contributed by atoms with Gasteiger partial charge in [-0.3, -0.25) is 4.79 Å². The molecule has 1 N–H and O–H groups in total. The Morgan fingerprint density at radius 2 is 2.00 bits per heavy atom. The fourth-order valence-corrected chi connectivity index (χ4v) is 2.71. The van der Waals surface area contributed by atoms with Crippen LogP contribution < -0.4 is 15.0 Å². The molecule has 3 rings (SSSR count). The minimum Gasteiger partial charge on any atom is -0.477 e. The van der Waals surface area contributed by atoms with Gasteiger partial charge in [-0.15, -0.1) is 0 Å². The smallest absolute Gasteiger partial charge is 0.257 e. The highest BCUT2D eigenvalue weighted by atomic mass is 16.5. The van der Waals surface area contributed by atoms with Crippen LogP contribution in [0.3, 0.4) is 0 Å². The van der Waals surface area contributed by atoms with Gasteiger partial charge in [-0.25, -0.2) is 9.97 Å². The van der Waals surface area contributed by atoms with E-state index in [1.807, 2.05) is 19.1 Å². The molecule has 2 aromatic heterocycles. The molecule has 1 amide bonds. The first-order valence-electron chi connectivity index (χ1n) is 8.42. The quantitative estimate of drug-likeness (QED) is 0.860. The molecule has 0 atom stereocenters. The summed E-state index contributed by atoms with van der Waals surface area (Å²) in [6.07, 6.45) is 3.38. The minimum absolute atomic E-state index is 0.215. The third-order valence-corrected chi connectivity index (χ3v) is 3.91. The van der Waals surface area contributed by atoms with E-state index in [0.717, 1.165) is 24.5 Å². The highest BCUT2D eigenvalue weighted by molar-refractivity contribution is 5.96. The van der Waals surface area contributed by atoms with Crippen LogP contribution in [0.5, 0.6) is 5.88 Å². The lowest BCUT2D eigenvalue weighted by Gasteiger charge is -2.29. The molecule has 0 aromatic carbocycles. The van der Waals surface area contributed by atoms with Crippen molar-refractivity contribution in [1.29, 1.82) is 0 Å². The van der Waals surface area contributed by atoms with Gasteiger partial charge in [0.2, 0.25) is 5.88 Å². The standard InChI is InChI=1S/C18H22N4O3/c1-2-25-18-15(6-4-8-20-18)17(23)21-13-14-5-3-7-19-16(14)22-9-11-24-12-10-22/h3-8H,2,9-13H2,1H3,(H,21,23). The van der Waals surface area contributed by atoms with Crippen molar-refractivity contribution >= 4 is 11.7 Å². The number of ether oxygens (including phenoxy) is 2. The van der Waals surface area contributed by atoms with Crippen LogP contribution in [-0.4, -0.2) is 48.8 Å². The molecular formula is C18H22N4O3. The summed E-state index contributed by atoms with van der Waals surface area (Å²) in [6.45, 7) is 5.69. The Balaban J connectivity index is 1.70. The number of hydrogen-bond acceptors (Lipinski definition) is 6. The zero-order valence-electron chi connectivity index (χ0n) is 14.3. The first-order chi connectivity index (χ1) is 12.3. The van der Waals surface area contributed by atoms with E-state index in [1.54, 1.807) is 24.5 Å². The van der Waals surface area contributed by atoms with E-state index >= 15 is 0 Å². The van der Waals surface area contributed by atoms with Crippen molar-refractivity contribution in [3.8, 4) is 5.88 Å². The fourth-order valence-electron chi connectivity index (χ4n) is 2.71. The topological polar surface area (TPSA) is 76.6 Å². The lowest BCUT2D eigenvalue weighted by molar-refractivity contribution is 0.0946. The summed E-state index contributed by atoms with van der Waals surface area (Å²) in [5.74, 6) is 1.03. The molecule has 0 bridgehead atoms. The van der Waals surface area contributed by atoms with Gasteiger partial charge in [0, 0.05) is 37.6 Å². The summed E-state index contributed by atoms with van der Waals surface area (Å²) in [5, 5.41) is 2.94. The minimum atomic E-state index is -0.215.